The maximum atomic E-state index is 6.00. The molecule has 3 N–H and O–H groups in total. The summed E-state index contributed by atoms with van der Waals surface area (Å²) in [6.45, 7) is 4.90. The van der Waals surface area contributed by atoms with E-state index in [1.807, 2.05) is 36.4 Å². The van der Waals surface area contributed by atoms with Crippen LogP contribution in [0.2, 0.25) is 0 Å². The first-order valence-electron chi connectivity index (χ1n) is 7.38. The first kappa shape index (κ1) is 20.8. The van der Waals surface area contributed by atoms with Crippen molar-refractivity contribution in [2.45, 2.75) is 19.3 Å². The molecule has 0 saturated carbocycles. The average molecular weight is 504 g/mol. The lowest BCUT2D eigenvalue weighted by Crippen LogP contribution is -2.27. The van der Waals surface area contributed by atoms with Crippen LogP contribution in [0.25, 0.3) is 0 Å². The summed E-state index contributed by atoms with van der Waals surface area (Å²) in [5.41, 5.74) is 7.98. The highest BCUT2D eigenvalue weighted by molar-refractivity contribution is 14.0. The van der Waals surface area contributed by atoms with Gasteiger partial charge in [0.1, 0.15) is 5.75 Å². The van der Waals surface area contributed by atoms with E-state index in [4.69, 9.17) is 10.5 Å². The van der Waals surface area contributed by atoms with Gasteiger partial charge in [-0.15, -0.1) is 24.0 Å². The number of aliphatic imine (C=N–C) groups is 1. The number of halogens is 2. The number of nitrogens with one attached hydrogen (secondary N) is 1. The highest BCUT2D eigenvalue weighted by Gasteiger charge is 2.20. The molecule has 0 aliphatic rings. The lowest BCUT2D eigenvalue weighted by Gasteiger charge is -2.23. The molecule has 6 heteroatoms. The van der Waals surface area contributed by atoms with Crippen molar-refractivity contribution >= 4 is 51.6 Å². The van der Waals surface area contributed by atoms with Gasteiger partial charge in [0.15, 0.2) is 5.96 Å². The molecule has 0 radical (unpaired) electrons. The number of methoxy groups -OCH3 is 1. The van der Waals surface area contributed by atoms with E-state index in [1.165, 1.54) is 5.56 Å². The van der Waals surface area contributed by atoms with E-state index in [2.05, 4.69) is 52.2 Å². The van der Waals surface area contributed by atoms with Crippen LogP contribution in [0, 0.1) is 0 Å². The Balaban J connectivity index is 0.00000288. The smallest absolute Gasteiger partial charge is 0.193 e. The van der Waals surface area contributed by atoms with Crippen molar-refractivity contribution in [2.75, 3.05) is 19.0 Å². The third kappa shape index (κ3) is 5.98. The minimum absolute atomic E-state index is 0. The van der Waals surface area contributed by atoms with Crippen molar-refractivity contribution in [1.82, 2.24) is 0 Å². The van der Waals surface area contributed by atoms with Crippen molar-refractivity contribution < 1.29 is 4.74 Å². The normalized spacial score (nSPS) is 11.6. The number of anilines is 1. The van der Waals surface area contributed by atoms with Gasteiger partial charge in [-0.25, -0.2) is 0 Å². The van der Waals surface area contributed by atoms with E-state index in [1.54, 1.807) is 7.11 Å². The Bertz CT molecular complexity index is 687. The molecule has 0 unspecified atom stereocenters. The van der Waals surface area contributed by atoms with Gasteiger partial charge < -0.3 is 15.8 Å². The van der Waals surface area contributed by atoms with Crippen molar-refractivity contribution in [3.63, 3.8) is 0 Å². The Morgan fingerprint density at radius 1 is 1.21 bits per heavy atom. The number of ether oxygens (including phenoxy) is 1. The molecular weight excluding hydrogens is 481 g/mol. The van der Waals surface area contributed by atoms with Crippen LogP contribution < -0.4 is 15.8 Å². The summed E-state index contributed by atoms with van der Waals surface area (Å²) < 4.78 is 6.26. The second kappa shape index (κ2) is 9.27. The fourth-order valence-electron chi connectivity index (χ4n) is 2.16. The fraction of sp³-hybridized carbons (Fsp3) is 0.278. The molecule has 2 aromatic rings. The summed E-state index contributed by atoms with van der Waals surface area (Å²) in [5.74, 6) is 1.17. The molecule has 2 rings (SSSR count). The van der Waals surface area contributed by atoms with Crippen LogP contribution in [0.15, 0.2) is 58.0 Å². The first-order chi connectivity index (χ1) is 10.9. The van der Waals surface area contributed by atoms with Gasteiger partial charge in [-0.2, -0.15) is 0 Å². The Kier molecular flexibility index (Phi) is 8.02. The van der Waals surface area contributed by atoms with Crippen LogP contribution in [0.5, 0.6) is 5.75 Å². The van der Waals surface area contributed by atoms with E-state index < -0.39 is 0 Å². The largest absolute Gasteiger partial charge is 0.497 e. The van der Waals surface area contributed by atoms with Crippen LogP contribution >= 0.6 is 39.9 Å². The lowest BCUT2D eigenvalue weighted by molar-refractivity contribution is 0.415. The van der Waals surface area contributed by atoms with Crippen LogP contribution in [-0.2, 0) is 5.41 Å². The summed E-state index contributed by atoms with van der Waals surface area (Å²) in [4.78, 5) is 4.48. The lowest BCUT2D eigenvalue weighted by atomic mass is 9.85. The number of guanidine groups is 1. The van der Waals surface area contributed by atoms with Gasteiger partial charge in [-0.3, -0.25) is 4.99 Å². The van der Waals surface area contributed by atoms with Crippen molar-refractivity contribution in [3.05, 3.63) is 58.6 Å². The van der Waals surface area contributed by atoms with E-state index in [-0.39, 0.29) is 29.4 Å². The van der Waals surface area contributed by atoms with Crippen LogP contribution in [0.3, 0.4) is 0 Å². The van der Waals surface area contributed by atoms with Crippen molar-refractivity contribution in [2.24, 2.45) is 10.7 Å². The summed E-state index contributed by atoms with van der Waals surface area (Å²) in [5, 5.41) is 3.09. The fourth-order valence-corrected chi connectivity index (χ4v) is 2.43. The van der Waals surface area contributed by atoms with Gasteiger partial charge in [-0.05, 0) is 29.8 Å². The highest BCUT2D eigenvalue weighted by Crippen LogP contribution is 2.25. The Hall–Kier alpha value is -1.28. The minimum atomic E-state index is -0.0959. The monoisotopic (exact) mass is 503 g/mol. The van der Waals surface area contributed by atoms with Gasteiger partial charge in [0.05, 0.1) is 13.7 Å². The third-order valence-electron chi connectivity index (χ3n) is 3.61. The van der Waals surface area contributed by atoms with Crippen LogP contribution in [-0.4, -0.2) is 19.6 Å². The number of hydrogen-bond acceptors (Lipinski definition) is 2. The Morgan fingerprint density at radius 2 is 1.88 bits per heavy atom. The third-order valence-corrected chi connectivity index (χ3v) is 4.14. The standard InChI is InChI=1S/C18H22BrN3O.HI/c1-18(2,13-7-9-14(19)10-8-13)12-21-17(20)22-15-5-4-6-16(11-15)23-3;/h4-11H,12H2,1-3H3,(H3,20,21,22);1H. The number of benzene rings is 2. The van der Waals surface area contributed by atoms with E-state index in [0.29, 0.717) is 12.5 Å². The van der Waals surface area contributed by atoms with Crippen molar-refractivity contribution in [1.29, 1.82) is 0 Å². The van der Waals surface area contributed by atoms with E-state index in [0.717, 1.165) is 15.9 Å². The Labute approximate surface area is 169 Å². The quantitative estimate of drug-likeness (QED) is 0.350. The molecule has 0 saturated heterocycles. The summed E-state index contributed by atoms with van der Waals surface area (Å²) in [6, 6.07) is 15.9. The first-order valence-corrected chi connectivity index (χ1v) is 8.17. The Morgan fingerprint density at radius 3 is 2.50 bits per heavy atom. The van der Waals surface area contributed by atoms with Gasteiger partial charge in [-0.1, -0.05) is 48.0 Å². The maximum absolute atomic E-state index is 6.00. The summed E-state index contributed by atoms with van der Waals surface area (Å²) in [7, 11) is 1.64. The SMILES string of the molecule is COc1cccc(NC(N)=NCC(C)(C)c2ccc(Br)cc2)c1.I. The van der Waals surface area contributed by atoms with Gasteiger partial charge >= 0.3 is 0 Å². The number of nitrogens with two attached hydrogens (primary N) is 1. The van der Waals surface area contributed by atoms with Crippen molar-refractivity contribution in [3.8, 4) is 5.75 Å². The zero-order valence-electron chi connectivity index (χ0n) is 14.0. The maximum Gasteiger partial charge on any atom is 0.193 e. The predicted molar refractivity (Wildman–Crippen MR) is 116 cm³/mol. The molecule has 0 spiro atoms. The zero-order valence-corrected chi connectivity index (χ0v) is 18.0. The second-order valence-electron chi connectivity index (χ2n) is 5.95. The summed E-state index contributed by atoms with van der Waals surface area (Å²) >= 11 is 3.46. The minimum Gasteiger partial charge on any atom is -0.497 e. The molecule has 0 aliphatic carbocycles. The van der Waals surface area contributed by atoms with Gasteiger partial charge in [0, 0.05) is 21.6 Å². The number of hydrogen-bond donors (Lipinski definition) is 2. The van der Waals surface area contributed by atoms with Crippen LogP contribution in [0.1, 0.15) is 19.4 Å². The molecule has 0 heterocycles. The van der Waals surface area contributed by atoms with Crippen LogP contribution in [0.4, 0.5) is 5.69 Å². The van der Waals surface area contributed by atoms with Gasteiger partial charge in [0.2, 0.25) is 0 Å². The number of rotatable bonds is 5. The molecule has 4 nitrogen and oxygen atoms in total. The average Bonchev–Trinajstić information content (AvgIpc) is 2.54. The molecule has 2 aromatic carbocycles. The van der Waals surface area contributed by atoms with E-state index in [9.17, 15) is 0 Å². The molecule has 0 bridgehead atoms. The molecule has 0 aromatic heterocycles. The van der Waals surface area contributed by atoms with E-state index >= 15 is 0 Å². The molecular formula is C18H23BrIN3O. The molecule has 130 valence electrons. The predicted octanol–water partition coefficient (Wildman–Crippen LogP) is 4.78. The zero-order chi connectivity index (χ0) is 16.9. The summed E-state index contributed by atoms with van der Waals surface area (Å²) in [6.07, 6.45) is 0. The molecule has 0 amide bonds. The second-order valence-corrected chi connectivity index (χ2v) is 6.86. The topological polar surface area (TPSA) is 59.6 Å². The molecule has 0 atom stereocenters. The molecule has 0 fully saturated rings. The number of nitrogens with zero attached hydrogens (tertiary/aromatic N) is 1. The molecule has 0 aliphatic heterocycles. The highest BCUT2D eigenvalue weighted by atomic mass is 127. The van der Waals surface area contributed by atoms with Gasteiger partial charge in [0.25, 0.3) is 0 Å². The molecule has 24 heavy (non-hydrogen) atoms.